The molecule has 0 bridgehead atoms. The molecule has 0 radical (unpaired) electrons. The van der Waals surface area contributed by atoms with Gasteiger partial charge in [0.05, 0.1) is 0 Å². The number of nitrogens with two attached hydrogens (primary N) is 2. The van der Waals surface area contributed by atoms with Gasteiger partial charge in [-0.2, -0.15) is 0 Å². The van der Waals surface area contributed by atoms with Crippen molar-refractivity contribution in [2.24, 2.45) is 22.4 Å². The summed E-state index contributed by atoms with van der Waals surface area (Å²) in [5, 5.41) is 0. The normalized spacial score (nSPS) is 32.5. The molecular formula is C7H15N3. The molecule has 0 saturated heterocycles. The summed E-state index contributed by atoms with van der Waals surface area (Å²) in [6, 6.07) is 0.170. The van der Waals surface area contributed by atoms with Gasteiger partial charge in [0.2, 0.25) is 0 Å². The van der Waals surface area contributed by atoms with Crippen molar-refractivity contribution < 1.29 is 0 Å². The predicted molar refractivity (Wildman–Crippen MR) is 43.1 cm³/mol. The first-order valence-corrected chi connectivity index (χ1v) is 3.74. The van der Waals surface area contributed by atoms with E-state index in [4.69, 9.17) is 11.5 Å². The van der Waals surface area contributed by atoms with E-state index in [2.05, 4.69) is 11.9 Å². The Kier molecular flexibility index (Phi) is 2.40. The maximum Gasteiger partial charge on any atom is 0.0470 e. The highest BCUT2D eigenvalue weighted by atomic mass is 14.9. The number of aliphatic imine (C=N–C) groups is 1. The lowest BCUT2D eigenvalue weighted by Crippen LogP contribution is -2.33. The van der Waals surface area contributed by atoms with Crippen LogP contribution in [-0.2, 0) is 0 Å². The van der Waals surface area contributed by atoms with E-state index in [1.54, 1.807) is 0 Å². The summed E-state index contributed by atoms with van der Waals surface area (Å²) in [7, 11) is 0. The fraction of sp³-hybridized carbons (Fsp3) is 0.857. The summed E-state index contributed by atoms with van der Waals surface area (Å²) in [6.07, 6.45) is 0.867. The van der Waals surface area contributed by atoms with Crippen LogP contribution in [0, 0.1) is 5.92 Å². The van der Waals surface area contributed by atoms with Gasteiger partial charge < -0.3 is 11.5 Å². The van der Waals surface area contributed by atoms with Crippen molar-refractivity contribution in [1.82, 2.24) is 0 Å². The number of rotatable bonds is 2. The summed E-state index contributed by atoms with van der Waals surface area (Å²) < 4.78 is 0. The molecule has 1 aliphatic heterocycles. The van der Waals surface area contributed by atoms with E-state index in [1.807, 2.05) is 0 Å². The van der Waals surface area contributed by atoms with Gasteiger partial charge in [0.25, 0.3) is 0 Å². The molecule has 4 N–H and O–H groups in total. The lowest BCUT2D eigenvalue weighted by molar-refractivity contribution is 0.587. The maximum absolute atomic E-state index is 5.82. The van der Waals surface area contributed by atoms with Gasteiger partial charge in [-0.25, -0.2) is 0 Å². The van der Waals surface area contributed by atoms with Crippen molar-refractivity contribution >= 4 is 5.71 Å². The molecular weight excluding hydrogens is 126 g/mol. The Balaban J connectivity index is 2.46. The highest BCUT2D eigenvalue weighted by Crippen LogP contribution is 2.12. The first-order valence-electron chi connectivity index (χ1n) is 3.74. The Labute approximate surface area is 61.5 Å². The second kappa shape index (κ2) is 3.12. The van der Waals surface area contributed by atoms with Gasteiger partial charge >= 0.3 is 0 Å². The third-order valence-electron chi connectivity index (χ3n) is 1.98. The van der Waals surface area contributed by atoms with Gasteiger partial charge in [0.1, 0.15) is 0 Å². The van der Waals surface area contributed by atoms with Crippen molar-refractivity contribution in [3.8, 4) is 0 Å². The largest absolute Gasteiger partial charge is 0.330 e. The molecule has 10 heavy (non-hydrogen) atoms. The molecule has 3 nitrogen and oxygen atoms in total. The monoisotopic (exact) mass is 141 g/mol. The molecule has 0 aromatic heterocycles. The Hall–Kier alpha value is -0.410. The van der Waals surface area contributed by atoms with Crippen molar-refractivity contribution in [2.45, 2.75) is 19.4 Å². The minimum Gasteiger partial charge on any atom is -0.330 e. The van der Waals surface area contributed by atoms with Gasteiger partial charge in [-0.1, -0.05) is 6.92 Å². The van der Waals surface area contributed by atoms with Gasteiger partial charge in [0, 0.05) is 18.3 Å². The molecule has 0 aromatic rings. The Bertz CT molecular complexity index is 142. The van der Waals surface area contributed by atoms with Crippen LogP contribution >= 0.6 is 0 Å². The van der Waals surface area contributed by atoms with Gasteiger partial charge in [-0.15, -0.1) is 0 Å². The molecule has 0 aromatic carbocycles. The molecule has 58 valence electrons. The number of hydrogen-bond acceptors (Lipinski definition) is 3. The topological polar surface area (TPSA) is 64.4 Å². The lowest BCUT2D eigenvalue weighted by Gasteiger charge is -2.10. The van der Waals surface area contributed by atoms with Gasteiger partial charge in [-0.3, -0.25) is 4.99 Å². The number of nitrogens with zero attached hydrogens (tertiary/aromatic N) is 1. The smallest absolute Gasteiger partial charge is 0.0470 e. The van der Waals surface area contributed by atoms with Crippen LogP contribution in [0.5, 0.6) is 0 Å². The third kappa shape index (κ3) is 1.36. The standard InChI is InChI=1S/C7H15N3/c1-5-4-10-6(2-3-8)7(5)9/h5,7H,2-4,8-9H2,1H3. The van der Waals surface area contributed by atoms with Crippen molar-refractivity contribution in [2.75, 3.05) is 13.1 Å². The molecule has 0 spiro atoms. The summed E-state index contributed by atoms with van der Waals surface area (Å²) in [6.45, 7) is 3.67. The predicted octanol–water partition coefficient (Wildman–Crippen LogP) is -0.247. The molecule has 0 fully saturated rings. The summed E-state index contributed by atoms with van der Waals surface area (Å²) in [4.78, 5) is 4.30. The average Bonchev–Trinajstić information content (AvgIpc) is 2.20. The minimum atomic E-state index is 0.170. The van der Waals surface area contributed by atoms with Gasteiger partial charge in [0.15, 0.2) is 0 Å². The van der Waals surface area contributed by atoms with Crippen LogP contribution in [0.3, 0.4) is 0 Å². The lowest BCUT2D eigenvalue weighted by atomic mass is 10.0. The van der Waals surface area contributed by atoms with E-state index in [0.29, 0.717) is 12.5 Å². The van der Waals surface area contributed by atoms with Crippen molar-refractivity contribution in [3.63, 3.8) is 0 Å². The third-order valence-corrected chi connectivity index (χ3v) is 1.98. The zero-order valence-corrected chi connectivity index (χ0v) is 6.38. The molecule has 0 saturated carbocycles. The van der Waals surface area contributed by atoms with Gasteiger partial charge in [-0.05, 0) is 18.9 Å². The molecule has 0 amide bonds. The molecule has 2 unspecified atom stereocenters. The van der Waals surface area contributed by atoms with Crippen LogP contribution in [0.25, 0.3) is 0 Å². The van der Waals surface area contributed by atoms with Crippen LogP contribution < -0.4 is 11.5 Å². The van der Waals surface area contributed by atoms with Crippen LogP contribution in [-0.4, -0.2) is 24.8 Å². The van der Waals surface area contributed by atoms with E-state index >= 15 is 0 Å². The first-order chi connectivity index (χ1) is 4.75. The second-order valence-electron chi connectivity index (χ2n) is 2.87. The highest BCUT2D eigenvalue weighted by Gasteiger charge is 2.22. The number of hydrogen-bond donors (Lipinski definition) is 2. The van der Waals surface area contributed by atoms with Crippen molar-refractivity contribution in [3.05, 3.63) is 0 Å². The molecule has 1 aliphatic rings. The zero-order chi connectivity index (χ0) is 7.56. The summed E-state index contributed by atoms with van der Waals surface area (Å²) >= 11 is 0. The SMILES string of the molecule is CC1CN=C(CCN)C1N. The fourth-order valence-corrected chi connectivity index (χ4v) is 1.20. The first kappa shape index (κ1) is 7.69. The fourth-order valence-electron chi connectivity index (χ4n) is 1.20. The van der Waals surface area contributed by atoms with E-state index in [9.17, 15) is 0 Å². The Morgan fingerprint density at radius 1 is 1.70 bits per heavy atom. The van der Waals surface area contributed by atoms with Crippen LogP contribution in [0.2, 0.25) is 0 Å². The van der Waals surface area contributed by atoms with Crippen molar-refractivity contribution in [1.29, 1.82) is 0 Å². The van der Waals surface area contributed by atoms with E-state index in [0.717, 1.165) is 18.7 Å². The molecule has 1 rings (SSSR count). The average molecular weight is 141 g/mol. The highest BCUT2D eigenvalue weighted by molar-refractivity contribution is 5.91. The van der Waals surface area contributed by atoms with Crippen LogP contribution in [0.1, 0.15) is 13.3 Å². The second-order valence-corrected chi connectivity index (χ2v) is 2.87. The van der Waals surface area contributed by atoms with E-state index in [-0.39, 0.29) is 6.04 Å². The Morgan fingerprint density at radius 2 is 2.40 bits per heavy atom. The molecule has 0 aliphatic carbocycles. The zero-order valence-electron chi connectivity index (χ0n) is 6.38. The summed E-state index contributed by atoms with van der Waals surface area (Å²) in [5.41, 5.74) is 12.3. The molecule has 1 heterocycles. The minimum absolute atomic E-state index is 0.170. The Morgan fingerprint density at radius 3 is 2.80 bits per heavy atom. The molecule has 2 atom stereocenters. The maximum atomic E-state index is 5.82. The molecule has 3 heteroatoms. The quantitative estimate of drug-likeness (QED) is 0.557. The van der Waals surface area contributed by atoms with E-state index in [1.165, 1.54) is 0 Å². The van der Waals surface area contributed by atoms with Crippen LogP contribution in [0.15, 0.2) is 4.99 Å². The summed E-state index contributed by atoms with van der Waals surface area (Å²) in [5.74, 6) is 0.515. The van der Waals surface area contributed by atoms with E-state index < -0.39 is 0 Å². The van der Waals surface area contributed by atoms with Crippen LogP contribution in [0.4, 0.5) is 0 Å².